The number of ether oxygens (including phenoxy) is 3. The van der Waals surface area contributed by atoms with Gasteiger partial charge in [-0.1, -0.05) is 53.5 Å². The number of aromatic nitrogens is 1. The fourth-order valence-corrected chi connectivity index (χ4v) is 6.32. The molecule has 1 aromatic heterocycles. The van der Waals surface area contributed by atoms with Crippen molar-refractivity contribution in [3.8, 4) is 34.4 Å². The van der Waals surface area contributed by atoms with Gasteiger partial charge in [0.05, 0.1) is 22.2 Å². The van der Waals surface area contributed by atoms with Crippen LogP contribution in [0.1, 0.15) is 47.6 Å². The summed E-state index contributed by atoms with van der Waals surface area (Å²) in [7, 11) is 0. The number of halogens is 2. The topological polar surface area (TPSA) is 123 Å². The minimum atomic E-state index is 0.0185. The molecule has 9 nitrogen and oxygen atoms in total. The highest BCUT2D eigenvalue weighted by molar-refractivity contribution is 6.35. The Hall–Kier alpha value is -4.33. The minimum Gasteiger partial charge on any atom is -0.492 e. The highest BCUT2D eigenvalue weighted by atomic mass is 35.5. The van der Waals surface area contributed by atoms with Crippen LogP contribution < -0.4 is 25.3 Å². The van der Waals surface area contributed by atoms with Crippen molar-refractivity contribution in [2.45, 2.75) is 52.5 Å². The Labute approximate surface area is 291 Å². The second-order valence-electron chi connectivity index (χ2n) is 11.8. The standard InChI is InChI=1S/C37H39Cl2N5O4/c1-24-28(23-48-36-16-35(29(18-41)15-33(36)38)47-22-27-14-26(17-40)19-42-20-27)6-3-7-31(24)32-8-4-9-34(37(32)39)46-13-5-11-44-12-10-30(21-44)43-25(2)45/h3-4,6-9,14-16,19-20,30H,5,10-13,18,21-23,41H2,1-2H3,(H,43,45). The Morgan fingerprint density at radius 2 is 1.81 bits per heavy atom. The highest BCUT2D eigenvalue weighted by Crippen LogP contribution is 2.38. The van der Waals surface area contributed by atoms with E-state index in [4.69, 9.17) is 43.1 Å². The van der Waals surface area contributed by atoms with E-state index >= 15 is 0 Å². The van der Waals surface area contributed by atoms with Gasteiger partial charge in [-0.3, -0.25) is 9.78 Å². The normalized spacial score (nSPS) is 14.4. The number of benzene rings is 3. The molecule has 0 aliphatic carbocycles. The molecule has 0 bridgehead atoms. The molecule has 0 saturated carbocycles. The van der Waals surface area contributed by atoms with Crippen LogP contribution in [0.25, 0.3) is 11.1 Å². The summed E-state index contributed by atoms with van der Waals surface area (Å²) in [4.78, 5) is 17.8. The van der Waals surface area contributed by atoms with E-state index in [-0.39, 0.29) is 31.7 Å². The molecule has 3 aromatic carbocycles. The maximum absolute atomic E-state index is 11.3. The number of hydrogen-bond acceptors (Lipinski definition) is 8. The predicted octanol–water partition coefficient (Wildman–Crippen LogP) is 6.83. The van der Waals surface area contributed by atoms with E-state index in [9.17, 15) is 10.1 Å². The molecule has 1 amide bonds. The summed E-state index contributed by atoms with van der Waals surface area (Å²) in [6.45, 7) is 7.58. The van der Waals surface area contributed by atoms with E-state index < -0.39 is 0 Å². The molecule has 1 aliphatic heterocycles. The Bertz CT molecular complexity index is 1790. The van der Waals surface area contributed by atoms with Crippen LogP contribution in [0, 0.1) is 18.3 Å². The molecule has 2 heterocycles. The van der Waals surface area contributed by atoms with Crippen LogP contribution in [0.3, 0.4) is 0 Å². The van der Waals surface area contributed by atoms with Crippen molar-refractivity contribution in [1.29, 1.82) is 5.26 Å². The quantitative estimate of drug-likeness (QED) is 0.138. The van der Waals surface area contributed by atoms with Crippen LogP contribution in [0.15, 0.2) is 67.0 Å². The number of rotatable bonds is 14. The van der Waals surface area contributed by atoms with Crippen molar-refractivity contribution in [2.24, 2.45) is 5.73 Å². The fourth-order valence-electron chi connectivity index (χ4n) is 5.80. The molecule has 48 heavy (non-hydrogen) atoms. The molecular weight excluding hydrogens is 649 g/mol. The van der Waals surface area contributed by atoms with Gasteiger partial charge in [0.15, 0.2) is 0 Å². The lowest BCUT2D eigenvalue weighted by atomic mass is 9.96. The van der Waals surface area contributed by atoms with Gasteiger partial charge in [-0.05, 0) is 54.7 Å². The Morgan fingerprint density at radius 3 is 2.60 bits per heavy atom. The maximum Gasteiger partial charge on any atom is 0.217 e. The molecule has 3 N–H and O–H groups in total. The number of nitrogens with two attached hydrogens (primary N) is 1. The Kier molecular flexibility index (Phi) is 12.2. The zero-order valence-corrected chi connectivity index (χ0v) is 28.6. The van der Waals surface area contributed by atoms with Crippen LogP contribution in [0.5, 0.6) is 17.2 Å². The lowest BCUT2D eigenvalue weighted by molar-refractivity contribution is -0.119. The fraction of sp³-hybridized carbons (Fsp3) is 0.324. The summed E-state index contributed by atoms with van der Waals surface area (Å²) in [6.07, 6.45) is 4.98. The molecule has 250 valence electrons. The molecule has 11 heteroatoms. The van der Waals surface area contributed by atoms with Crippen LogP contribution in [-0.2, 0) is 24.6 Å². The van der Waals surface area contributed by atoms with E-state index in [2.05, 4.69) is 21.3 Å². The summed E-state index contributed by atoms with van der Waals surface area (Å²) in [6, 6.07) is 19.4. The van der Waals surface area contributed by atoms with Crippen molar-refractivity contribution >= 4 is 29.1 Å². The van der Waals surface area contributed by atoms with E-state index in [1.54, 1.807) is 31.3 Å². The molecule has 5 rings (SSSR count). The van der Waals surface area contributed by atoms with Gasteiger partial charge in [0.2, 0.25) is 5.91 Å². The molecular formula is C37H39Cl2N5O4. The zero-order valence-electron chi connectivity index (χ0n) is 27.1. The first-order valence-electron chi connectivity index (χ1n) is 15.9. The first-order valence-corrected chi connectivity index (χ1v) is 16.6. The Morgan fingerprint density at radius 1 is 1.02 bits per heavy atom. The molecule has 1 atom stereocenters. The lowest BCUT2D eigenvalue weighted by Gasteiger charge is -2.18. The van der Waals surface area contributed by atoms with Gasteiger partial charge < -0.3 is 30.2 Å². The molecule has 1 unspecified atom stereocenters. The van der Waals surface area contributed by atoms with Gasteiger partial charge in [-0.25, -0.2) is 0 Å². The van der Waals surface area contributed by atoms with Gasteiger partial charge in [0.1, 0.15) is 36.5 Å². The van der Waals surface area contributed by atoms with Crippen molar-refractivity contribution in [2.75, 3.05) is 26.2 Å². The molecule has 4 aromatic rings. The summed E-state index contributed by atoms with van der Waals surface area (Å²) in [5, 5.41) is 13.2. The maximum atomic E-state index is 11.3. The van der Waals surface area contributed by atoms with E-state index in [0.717, 1.165) is 65.9 Å². The largest absolute Gasteiger partial charge is 0.492 e. The van der Waals surface area contributed by atoms with E-state index in [1.165, 1.54) is 6.20 Å². The summed E-state index contributed by atoms with van der Waals surface area (Å²) >= 11 is 13.5. The third-order valence-electron chi connectivity index (χ3n) is 8.29. The molecule has 1 aliphatic rings. The van der Waals surface area contributed by atoms with Gasteiger partial charge in [0.25, 0.3) is 0 Å². The van der Waals surface area contributed by atoms with Crippen LogP contribution >= 0.6 is 23.2 Å². The van der Waals surface area contributed by atoms with Crippen LogP contribution in [0.2, 0.25) is 10.0 Å². The predicted molar refractivity (Wildman–Crippen MR) is 187 cm³/mol. The molecule has 1 saturated heterocycles. The van der Waals surface area contributed by atoms with Crippen molar-refractivity contribution in [3.05, 3.63) is 105 Å². The highest BCUT2D eigenvalue weighted by Gasteiger charge is 2.22. The SMILES string of the molecule is CC(=O)NC1CCN(CCCOc2cccc(-c3cccc(COc4cc(OCc5cncc(C#N)c5)c(CN)cc4Cl)c3C)c2Cl)C1. The minimum absolute atomic E-state index is 0.0185. The average molecular weight is 689 g/mol. The van der Waals surface area contributed by atoms with Crippen LogP contribution in [-0.4, -0.2) is 48.1 Å². The third kappa shape index (κ3) is 8.97. The smallest absolute Gasteiger partial charge is 0.217 e. The number of likely N-dealkylation sites (tertiary alicyclic amines) is 1. The van der Waals surface area contributed by atoms with Gasteiger partial charge in [0, 0.05) is 74.3 Å². The first kappa shape index (κ1) is 35.0. The molecule has 0 radical (unpaired) electrons. The van der Waals surface area contributed by atoms with Crippen molar-refractivity contribution in [1.82, 2.24) is 15.2 Å². The number of carbonyl (C=O) groups excluding carboxylic acids is 1. The lowest BCUT2D eigenvalue weighted by Crippen LogP contribution is -2.35. The van der Waals surface area contributed by atoms with Crippen molar-refractivity contribution in [3.63, 3.8) is 0 Å². The van der Waals surface area contributed by atoms with E-state index in [0.29, 0.717) is 39.5 Å². The van der Waals surface area contributed by atoms with Crippen LogP contribution in [0.4, 0.5) is 0 Å². The third-order valence-corrected chi connectivity index (χ3v) is 8.98. The zero-order chi connectivity index (χ0) is 34.0. The first-order chi connectivity index (χ1) is 23.2. The number of hydrogen-bond donors (Lipinski definition) is 2. The number of pyridine rings is 1. The monoisotopic (exact) mass is 687 g/mol. The summed E-state index contributed by atoms with van der Waals surface area (Å²) in [5.41, 5.74) is 11.8. The number of carbonyl (C=O) groups is 1. The number of nitriles is 1. The van der Waals surface area contributed by atoms with Gasteiger partial charge in [-0.15, -0.1) is 0 Å². The van der Waals surface area contributed by atoms with E-state index in [1.807, 2.05) is 43.3 Å². The number of nitrogens with zero attached hydrogens (tertiary/aromatic N) is 3. The van der Waals surface area contributed by atoms with Gasteiger partial charge >= 0.3 is 0 Å². The molecule has 1 fully saturated rings. The second kappa shape index (κ2) is 16.7. The van der Waals surface area contributed by atoms with Gasteiger partial charge in [-0.2, -0.15) is 5.26 Å². The summed E-state index contributed by atoms with van der Waals surface area (Å²) in [5.74, 6) is 1.67. The molecule has 0 spiro atoms. The average Bonchev–Trinajstić information content (AvgIpc) is 3.53. The summed E-state index contributed by atoms with van der Waals surface area (Å²) < 4.78 is 18.4. The number of amides is 1. The van der Waals surface area contributed by atoms with Crippen molar-refractivity contribution < 1.29 is 19.0 Å². The Balaban J connectivity index is 1.22. The second-order valence-corrected chi connectivity index (χ2v) is 12.5. The number of nitrogens with one attached hydrogen (secondary N) is 1.